The van der Waals surface area contributed by atoms with Crippen molar-refractivity contribution in [1.82, 2.24) is 0 Å². The van der Waals surface area contributed by atoms with Gasteiger partial charge < -0.3 is 0 Å². The Kier molecular flexibility index (Phi) is 11.2. The Morgan fingerprint density at radius 2 is 0.952 bits per heavy atom. The standard InChI is InChI=1S/C16H38BO3P/c1-5-9-13-21(14-10-6-2,15-11-7-3,16-12-8-4)20-17(18)19/h18-19H,5-16H2,1-4H3. The van der Waals surface area contributed by atoms with E-state index in [0.29, 0.717) is 0 Å². The molecule has 0 aromatic heterocycles. The van der Waals surface area contributed by atoms with Crippen molar-refractivity contribution in [2.75, 3.05) is 24.6 Å². The van der Waals surface area contributed by atoms with Gasteiger partial charge in [0.1, 0.15) is 0 Å². The number of hydrogen-bond acceptors (Lipinski definition) is 3. The summed E-state index contributed by atoms with van der Waals surface area (Å²) >= 11 is 0. The summed E-state index contributed by atoms with van der Waals surface area (Å²) < 4.78 is 6.08. The number of rotatable bonds is 14. The van der Waals surface area contributed by atoms with E-state index in [0.717, 1.165) is 76.0 Å². The van der Waals surface area contributed by atoms with Crippen molar-refractivity contribution >= 4 is 14.2 Å². The van der Waals surface area contributed by atoms with Gasteiger partial charge in [-0.3, -0.25) is 0 Å². The van der Waals surface area contributed by atoms with Crippen LogP contribution in [0.1, 0.15) is 79.1 Å². The minimum atomic E-state index is -2.48. The molecule has 0 rings (SSSR count). The molecule has 3 nitrogen and oxygen atoms in total. The topological polar surface area (TPSA) is 49.7 Å². The van der Waals surface area contributed by atoms with E-state index in [1.54, 1.807) is 0 Å². The summed E-state index contributed by atoms with van der Waals surface area (Å²) in [6.45, 7) is 6.35. The Labute approximate surface area is 133 Å². The zero-order valence-corrected chi connectivity index (χ0v) is 15.7. The maximum atomic E-state index is 9.62. The van der Waals surface area contributed by atoms with Crippen molar-refractivity contribution in [3.05, 3.63) is 0 Å². The Morgan fingerprint density at radius 3 is 1.14 bits per heavy atom. The van der Waals surface area contributed by atoms with Crippen LogP contribution < -0.4 is 0 Å². The molecule has 0 heterocycles. The molecule has 0 fully saturated rings. The molecule has 0 amide bonds. The molecule has 0 aliphatic carbocycles. The first kappa shape index (κ1) is 21.4. The van der Waals surface area contributed by atoms with E-state index in [9.17, 15) is 10.0 Å². The molecule has 0 aliphatic rings. The van der Waals surface area contributed by atoms with Crippen molar-refractivity contribution < 1.29 is 14.5 Å². The van der Waals surface area contributed by atoms with E-state index in [-0.39, 0.29) is 0 Å². The van der Waals surface area contributed by atoms with Gasteiger partial charge in [0.05, 0.1) is 0 Å². The second-order valence-electron chi connectivity index (χ2n) is 6.60. The second-order valence-corrected chi connectivity index (χ2v) is 12.3. The Morgan fingerprint density at radius 1 is 0.667 bits per heavy atom. The molecule has 0 radical (unpaired) electrons. The van der Waals surface area contributed by atoms with Crippen LogP contribution in [0.25, 0.3) is 0 Å². The van der Waals surface area contributed by atoms with Crippen molar-refractivity contribution in [2.45, 2.75) is 79.1 Å². The fourth-order valence-corrected chi connectivity index (χ4v) is 10.1. The molecule has 0 bridgehead atoms. The molecule has 2 N–H and O–H groups in total. The summed E-state index contributed by atoms with van der Waals surface area (Å²) in [6, 6.07) is 0. The first-order valence-electron chi connectivity index (χ1n) is 9.03. The Balaban J connectivity index is 5.44. The fraction of sp³-hybridized carbons (Fsp3) is 1.00. The van der Waals surface area contributed by atoms with Gasteiger partial charge in [0.15, 0.2) is 0 Å². The third kappa shape index (κ3) is 7.46. The predicted octanol–water partition coefficient (Wildman–Crippen LogP) is 4.64. The Hall–Kier alpha value is 0.375. The summed E-state index contributed by atoms with van der Waals surface area (Å²) in [6.07, 6.45) is 13.4. The van der Waals surface area contributed by atoms with Crippen LogP contribution in [0.5, 0.6) is 0 Å². The van der Waals surface area contributed by atoms with E-state index >= 15 is 0 Å². The van der Waals surface area contributed by atoms with Crippen LogP contribution >= 0.6 is 6.83 Å². The molecule has 0 aromatic rings. The van der Waals surface area contributed by atoms with Crippen LogP contribution in [0.15, 0.2) is 0 Å². The van der Waals surface area contributed by atoms with Crippen molar-refractivity contribution in [3.8, 4) is 0 Å². The van der Waals surface area contributed by atoms with Crippen molar-refractivity contribution in [3.63, 3.8) is 0 Å². The van der Waals surface area contributed by atoms with E-state index in [1.165, 1.54) is 0 Å². The molecular formula is C16H38BO3P. The van der Waals surface area contributed by atoms with E-state index in [2.05, 4.69) is 27.7 Å². The summed E-state index contributed by atoms with van der Waals surface area (Å²) in [5, 5.41) is 19.2. The Bertz CT molecular complexity index is 218. The van der Waals surface area contributed by atoms with Gasteiger partial charge in [-0.1, -0.05) is 0 Å². The van der Waals surface area contributed by atoms with Gasteiger partial charge in [-0.05, 0) is 0 Å². The fourth-order valence-electron chi connectivity index (χ4n) is 3.38. The van der Waals surface area contributed by atoms with Gasteiger partial charge in [0, 0.05) is 0 Å². The molecule has 0 spiro atoms. The molecule has 128 valence electrons. The molecule has 0 saturated carbocycles. The van der Waals surface area contributed by atoms with E-state index < -0.39 is 14.2 Å². The summed E-state index contributed by atoms with van der Waals surface area (Å²) in [7, 11) is -1.61. The third-order valence-electron chi connectivity index (χ3n) is 4.70. The SMILES string of the molecule is CCCCP(CCCC)(CCCC)(CCCC)OB(O)O. The van der Waals surface area contributed by atoms with Crippen LogP contribution in [0.3, 0.4) is 0 Å². The summed E-state index contributed by atoms with van der Waals surface area (Å²) in [5.41, 5.74) is 0. The van der Waals surface area contributed by atoms with E-state index in [1.807, 2.05) is 0 Å². The normalized spacial score (nSPS) is 13.9. The molecule has 0 aromatic carbocycles. The average Bonchev–Trinajstić information content (AvgIpc) is 2.47. The van der Waals surface area contributed by atoms with Crippen LogP contribution in [0.2, 0.25) is 0 Å². The zero-order chi connectivity index (χ0) is 16.2. The third-order valence-corrected chi connectivity index (χ3v) is 11.3. The van der Waals surface area contributed by atoms with Gasteiger partial charge in [-0.2, -0.15) is 0 Å². The van der Waals surface area contributed by atoms with Crippen LogP contribution in [-0.2, 0) is 4.44 Å². The molecule has 21 heavy (non-hydrogen) atoms. The van der Waals surface area contributed by atoms with Crippen LogP contribution in [0, 0.1) is 0 Å². The van der Waals surface area contributed by atoms with E-state index in [4.69, 9.17) is 4.44 Å². The number of hydrogen-bond donors (Lipinski definition) is 2. The van der Waals surface area contributed by atoms with Gasteiger partial charge in [0.2, 0.25) is 0 Å². The van der Waals surface area contributed by atoms with Crippen molar-refractivity contribution in [2.24, 2.45) is 0 Å². The molecular weight excluding hydrogens is 282 g/mol. The monoisotopic (exact) mass is 320 g/mol. The second kappa shape index (κ2) is 11.0. The first-order chi connectivity index (χ1) is 9.97. The zero-order valence-electron chi connectivity index (χ0n) is 14.8. The minimum absolute atomic E-state index is 1.07. The molecule has 5 heteroatoms. The molecule has 0 saturated heterocycles. The molecule has 0 aliphatic heterocycles. The van der Waals surface area contributed by atoms with Crippen LogP contribution in [-0.4, -0.2) is 42.0 Å². The van der Waals surface area contributed by atoms with Gasteiger partial charge in [-0.15, -0.1) is 0 Å². The molecule has 0 unspecified atom stereocenters. The predicted molar refractivity (Wildman–Crippen MR) is 97.3 cm³/mol. The van der Waals surface area contributed by atoms with Gasteiger partial charge >= 0.3 is 132 Å². The van der Waals surface area contributed by atoms with Crippen molar-refractivity contribution in [1.29, 1.82) is 0 Å². The average molecular weight is 320 g/mol. The maximum absolute atomic E-state index is 9.62. The van der Waals surface area contributed by atoms with Gasteiger partial charge in [-0.25, -0.2) is 0 Å². The van der Waals surface area contributed by atoms with Gasteiger partial charge in [0.25, 0.3) is 0 Å². The summed E-state index contributed by atoms with van der Waals surface area (Å²) in [4.78, 5) is 0. The molecule has 0 atom stereocenters. The number of unbranched alkanes of at least 4 members (excludes halogenated alkanes) is 4. The van der Waals surface area contributed by atoms with Crippen LogP contribution in [0.4, 0.5) is 0 Å². The summed E-state index contributed by atoms with van der Waals surface area (Å²) in [5.74, 6) is 0. The quantitative estimate of drug-likeness (QED) is 0.362. The first-order valence-corrected chi connectivity index (χ1v) is 11.9.